The largest absolute Gasteiger partial charge is 0.472 e. The van der Waals surface area contributed by atoms with Crippen molar-refractivity contribution in [2.75, 3.05) is 23.3 Å². The number of hydrogen-bond acceptors (Lipinski definition) is 5. The van der Waals surface area contributed by atoms with Crippen LogP contribution in [-0.2, 0) is 13.1 Å². The molecule has 0 bridgehead atoms. The normalized spacial score (nSPS) is 14.5. The van der Waals surface area contributed by atoms with Crippen molar-refractivity contribution in [2.45, 2.75) is 26.9 Å². The first-order valence-corrected chi connectivity index (χ1v) is 11.9. The van der Waals surface area contributed by atoms with E-state index in [-0.39, 0.29) is 0 Å². The highest BCUT2D eigenvalue weighted by molar-refractivity contribution is 5.55. The summed E-state index contributed by atoms with van der Waals surface area (Å²) in [6.45, 7) is 6.94. The Labute approximate surface area is 206 Å². The lowest BCUT2D eigenvalue weighted by molar-refractivity contribution is 0.287. The molecule has 6 rings (SSSR count). The van der Waals surface area contributed by atoms with Gasteiger partial charge in [0.05, 0.1) is 0 Å². The number of fused-ring (bicyclic) bond motifs is 2. The van der Waals surface area contributed by atoms with Crippen LogP contribution in [0, 0.1) is 13.8 Å². The lowest BCUT2D eigenvalue weighted by Crippen LogP contribution is -2.32. The minimum atomic E-state index is 0.545. The third kappa shape index (κ3) is 4.26. The third-order valence-electron chi connectivity index (χ3n) is 6.68. The van der Waals surface area contributed by atoms with Gasteiger partial charge in [0.2, 0.25) is 0 Å². The van der Waals surface area contributed by atoms with Crippen LogP contribution in [0.1, 0.15) is 22.3 Å². The second kappa shape index (κ2) is 8.91. The van der Waals surface area contributed by atoms with Gasteiger partial charge in [0, 0.05) is 35.6 Å². The van der Waals surface area contributed by atoms with Gasteiger partial charge in [-0.1, -0.05) is 36.4 Å². The van der Waals surface area contributed by atoms with E-state index in [9.17, 15) is 0 Å². The molecule has 2 heterocycles. The Hall–Kier alpha value is -4.12. The van der Waals surface area contributed by atoms with Gasteiger partial charge in [-0.15, -0.1) is 0 Å². The zero-order valence-electron chi connectivity index (χ0n) is 20.0. The van der Waals surface area contributed by atoms with Crippen molar-refractivity contribution in [3.05, 3.63) is 107 Å². The van der Waals surface area contributed by atoms with Gasteiger partial charge in [0.1, 0.15) is 23.0 Å². The van der Waals surface area contributed by atoms with E-state index in [1.807, 2.05) is 24.3 Å². The van der Waals surface area contributed by atoms with E-state index in [4.69, 9.17) is 14.2 Å². The van der Waals surface area contributed by atoms with Crippen molar-refractivity contribution in [1.82, 2.24) is 0 Å². The number of rotatable bonds is 4. The minimum absolute atomic E-state index is 0.545. The maximum atomic E-state index is 6.11. The highest BCUT2D eigenvalue weighted by Gasteiger charge is 2.20. The summed E-state index contributed by atoms with van der Waals surface area (Å²) in [5.74, 6) is 3.65. The van der Waals surface area contributed by atoms with Gasteiger partial charge in [-0.2, -0.15) is 0 Å². The molecule has 0 spiro atoms. The van der Waals surface area contributed by atoms with Crippen LogP contribution in [0.5, 0.6) is 23.0 Å². The SMILES string of the molecule is Cc1cccc2c1OCN(c1ccc(Oc3ccc(N4COc5c(C)cccc5C4)cc3)cc1)C2. The molecule has 0 atom stereocenters. The molecule has 0 fully saturated rings. The van der Waals surface area contributed by atoms with Crippen molar-refractivity contribution in [3.8, 4) is 23.0 Å². The summed E-state index contributed by atoms with van der Waals surface area (Å²) < 4.78 is 18.1. The molecule has 0 aromatic heterocycles. The molecule has 5 heteroatoms. The maximum Gasteiger partial charge on any atom is 0.161 e. The van der Waals surface area contributed by atoms with E-state index in [1.165, 1.54) is 22.3 Å². The molecular formula is C30H28N2O3. The lowest BCUT2D eigenvalue weighted by atomic mass is 10.1. The zero-order chi connectivity index (χ0) is 23.8. The molecule has 35 heavy (non-hydrogen) atoms. The summed E-state index contributed by atoms with van der Waals surface area (Å²) in [5.41, 5.74) is 7.03. The first-order valence-electron chi connectivity index (χ1n) is 11.9. The van der Waals surface area contributed by atoms with Gasteiger partial charge in [0.25, 0.3) is 0 Å². The van der Waals surface area contributed by atoms with Gasteiger partial charge in [0.15, 0.2) is 13.5 Å². The molecule has 176 valence electrons. The maximum absolute atomic E-state index is 6.11. The topological polar surface area (TPSA) is 34.2 Å². The summed E-state index contributed by atoms with van der Waals surface area (Å²) >= 11 is 0. The van der Waals surface area contributed by atoms with E-state index >= 15 is 0 Å². The average Bonchev–Trinajstić information content (AvgIpc) is 2.89. The third-order valence-corrected chi connectivity index (χ3v) is 6.68. The van der Waals surface area contributed by atoms with Gasteiger partial charge < -0.3 is 24.0 Å². The van der Waals surface area contributed by atoms with Crippen LogP contribution in [0.2, 0.25) is 0 Å². The Morgan fingerprint density at radius 3 is 1.43 bits per heavy atom. The van der Waals surface area contributed by atoms with Crippen LogP contribution in [0.4, 0.5) is 11.4 Å². The minimum Gasteiger partial charge on any atom is -0.472 e. The van der Waals surface area contributed by atoms with Gasteiger partial charge in [-0.25, -0.2) is 0 Å². The summed E-state index contributed by atoms with van der Waals surface area (Å²) in [6.07, 6.45) is 0. The zero-order valence-corrected chi connectivity index (χ0v) is 20.0. The Kier molecular flexibility index (Phi) is 5.45. The van der Waals surface area contributed by atoms with Crippen LogP contribution in [0.3, 0.4) is 0 Å². The lowest BCUT2D eigenvalue weighted by Gasteiger charge is -2.31. The van der Waals surface area contributed by atoms with Gasteiger partial charge in [-0.3, -0.25) is 0 Å². The van der Waals surface area contributed by atoms with E-state index in [2.05, 4.69) is 84.3 Å². The Bertz CT molecular complexity index is 1240. The standard InChI is InChI=1S/C30H28N2O3/c1-21-5-3-7-23-17-31(19-33-29(21)23)25-9-13-27(14-10-25)35-28-15-11-26(12-16-28)32-18-24-8-4-6-22(2)30(24)34-20-32/h3-16H,17-20H2,1-2H3. The summed E-state index contributed by atoms with van der Waals surface area (Å²) in [6, 6.07) is 29.0. The smallest absolute Gasteiger partial charge is 0.161 e. The van der Waals surface area contributed by atoms with Crippen molar-refractivity contribution in [2.24, 2.45) is 0 Å². The molecule has 5 nitrogen and oxygen atoms in total. The van der Waals surface area contributed by atoms with Crippen molar-refractivity contribution < 1.29 is 14.2 Å². The first kappa shape index (κ1) is 21.4. The molecule has 4 aromatic carbocycles. The molecule has 4 aromatic rings. The van der Waals surface area contributed by atoms with Crippen LogP contribution in [0.15, 0.2) is 84.9 Å². The molecule has 0 unspecified atom stereocenters. The number of para-hydroxylation sites is 2. The van der Waals surface area contributed by atoms with E-state index < -0.39 is 0 Å². The quantitative estimate of drug-likeness (QED) is 0.331. The Morgan fingerprint density at radius 2 is 1.00 bits per heavy atom. The Morgan fingerprint density at radius 1 is 0.571 bits per heavy atom. The molecule has 0 aliphatic carbocycles. The monoisotopic (exact) mass is 464 g/mol. The van der Waals surface area contributed by atoms with Crippen LogP contribution < -0.4 is 24.0 Å². The molecule has 0 saturated carbocycles. The molecule has 0 amide bonds. The van der Waals surface area contributed by atoms with Crippen molar-refractivity contribution >= 4 is 11.4 Å². The average molecular weight is 465 g/mol. The molecule has 0 N–H and O–H groups in total. The molecule has 2 aliphatic heterocycles. The van der Waals surface area contributed by atoms with E-state index in [0.717, 1.165) is 47.5 Å². The summed E-state index contributed by atoms with van der Waals surface area (Å²) in [7, 11) is 0. The fourth-order valence-electron chi connectivity index (χ4n) is 4.79. The van der Waals surface area contributed by atoms with Crippen LogP contribution >= 0.6 is 0 Å². The molecule has 0 saturated heterocycles. The summed E-state index contributed by atoms with van der Waals surface area (Å²) in [4.78, 5) is 4.45. The van der Waals surface area contributed by atoms with Crippen molar-refractivity contribution in [3.63, 3.8) is 0 Å². The van der Waals surface area contributed by atoms with E-state index in [0.29, 0.717) is 13.5 Å². The number of anilines is 2. The highest BCUT2D eigenvalue weighted by atomic mass is 16.5. The predicted octanol–water partition coefficient (Wildman–Crippen LogP) is 6.81. The van der Waals surface area contributed by atoms with E-state index in [1.54, 1.807) is 0 Å². The Balaban J connectivity index is 1.10. The molecular weight excluding hydrogens is 436 g/mol. The van der Waals surface area contributed by atoms with Crippen LogP contribution in [0.25, 0.3) is 0 Å². The fourth-order valence-corrected chi connectivity index (χ4v) is 4.79. The predicted molar refractivity (Wildman–Crippen MR) is 139 cm³/mol. The second-order valence-corrected chi connectivity index (χ2v) is 9.16. The van der Waals surface area contributed by atoms with Gasteiger partial charge in [-0.05, 0) is 73.5 Å². The van der Waals surface area contributed by atoms with Gasteiger partial charge >= 0.3 is 0 Å². The highest BCUT2D eigenvalue weighted by Crippen LogP contribution is 2.34. The fraction of sp³-hybridized carbons (Fsp3) is 0.200. The second-order valence-electron chi connectivity index (χ2n) is 9.16. The first-order chi connectivity index (χ1) is 17.1. The molecule has 2 aliphatic rings. The van der Waals surface area contributed by atoms with Crippen molar-refractivity contribution in [1.29, 1.82) is 0 Å². The molecule has 0 radical (unpaired) electrons. The number of benzene rings is 4. The van der Waals surface area contributed by atoms with Crippen LogP contribution in [-0.4, -0.2) is 13.5 Å². The number of hydrogen-bond donors (Lipinski definition) is 0. The summed E-state index contributed by atoms with van der Waals surface area (Å²) in [5, 5.41) is 0. The number of aryl methyl sites for hydroxylation is 2. The number of nitrogens with zero attached hydrogens (tertiary/aromatic N) is 2. The number of ether oxygens (including phenoxy) is 3.